The average molecular weight is 585 g/mol. The summed E-state index contributed by atoms with van der Waals surface area (Å²) in [4.78, 5) is 55.1. The number of benzene rings is 1. The number of aromatic nitrogens is 3. The third-order valence-electron chi connectivity index (χ3n) is 7.95. The summed E-state index contributed by atoms with van der Waals surface area (Å²) in [7, 11) is 0. The van der Waals surface area contributed by atoms with E-state index in [0.717, 1.165) is 4.57 Å². The van der Waals surface area contributed by atoms with Gasteiger partial charge < -0.3 is 28.9 Å². The fourth-order valence-corrected chi connectivity index (χ4v) is 6.04. The predicted octanol–water partition coefficient (Wildman–Crippen LogP) is 0.0847. The van der Waals surface area contributed by atoms with Crippen molar-refractivity contribution in [3.8, 4) is 5.69 Å². The first-order valence-corrected chi connectivity index (χ1v) is 13.9. The molecule has 0 amide bonds. The Hall–Kier alpha value is -4.01. The Morgan fingerprint density at radius 3 is 2.60 bits per heavy atom. The van der Waals surface area contributed by atoms with Crippen LogP contribution in [0.15, 0.2) is 57.2 Å². The number of para-hydroxylation sites is 1. The summed E-state index contributed by atoms with van der Waals surface area (Å²) < 4.78 is 25.9. The molecule has 3 aliphatic heterocycles. The highest BCUT2D eigenvalue weighted by Crippen LogP contribution is 2.46. The highest BCUT2D eigenvalue weighted by Gasteiger charge is 2.61. The molecule has 6 rings (SSSR count). The Bertz CT molecular complexity index is 1530. The number of hydrogen-bond acceptors (Lipinski definition) is 11. The Morgan fingerprint density at radius 1 is 1.07 bits per heavy atom. The first-order valence-electron chi connectivity index (χ1n) is 13.9. The number of carbonyl (C=O) groups is 2. The lowest BCUT2D eigenvalue weighted by Gasteiger charge is -2.38. The second-order valence-electron chi connectivity index (χ2n) is 10.7. The summed E-state index contributed by atoms with van der Waals surface area (Å²) in [6.07, 6.45) is 0.622. The van der Waals surface area contributed by atoms with Crippen molar-refractivity contribution in [3.05, 3.63) is 63.5 Å². The van der Waals surface area contributed by atoms with Gasteiger partial charge in [0.25, 0.3) is 0 Å². The second kappa shape index (κ2) is 11.3. The Morgan fingerprint density at radius 2 is 1.86 bits per heavy atom. The van der Waals surface area contributed by atoms with Gasteiger partial charge in [0.1, 0.15) is 43.7 Å². The lowest BCUT2D eigenvalue weighted by molar-refractivity contribution is -0.164. The number of aliphatic hydroxyl groups is 1. The van der Waals surface area contributed by atoms with Crippen LogP contribution in [0.1, 0.15) is 32.7 Å². The van der Waals surface area contributed by atoms with Crippen LogP contribution >= 0.6 is 0 Å². The molecule has 42 heavy (non-hydrogen) atoms. The van der Waals surface area contributed by atoms with Gasteiger partial charge in [-0.3, -0.25) is 9.59 Å². The fourth-order valence-electron chi connectivity index (χ4n) is 6.04. The average Bonchev–Trinajstić information content (AvgIpc) is 3.73. The van der Waals surface area contributed by atoms with E-state index in [1.807, 2.05) is 0 Å². The smallest absolute Gasteiger partial charge is 0.352 e. The second-order valence-corrected chi connectivity index (χ2v) is 10.7. The van der Waals surface area contributed by atoms with Crippen molar-refractivity contribution in [2.45, 2.75) is 75.9 Å². The summed E-state index contributed by atoms with van der Waals surface area (Å²) in [5.74, 6) is -1.31. The topological polar surface area (TPSA) is 165 Å². The molecule has 1 N–H and O–H groups in total. The molecule has 14 nitrogen and oxygen atoms in total. The quantitative estimate of drug-likeness (QED) is 0.148. The standard InChI is InChI=1S/C28H32N4O10/c1-15(33)38-14-21-20(40-16(2)34)9-8-18(41-21)11-13-39-29-22-19-10-12-30-27(36)31(17-6-4-3-5-7-17)28(37)32(30)23(19)24(35)26-25(22)42-26/h3-9,18-21,23-26,35H,10-14H2,1-2H3/t18-,19+,20-,21+,23+,24-,25+,26-/m0/s1. The van der Waals surface area contributed by atoms with Gasteiger partial charge in [-0.15, -0.1) is 0 Å². The molecular formula is C28H32N4O10. The van der Waals surface area contributed by atoms with Gasteiger partial charge in [0.15, 0.2) is 0 Å². The van der Waals surface area contributed by atoms with Crippen LogP contribution in [0.2, 0.25) is 0 Å². The van der Waals surface area contributed by atoms with E-state index in [0.29, 0.717) is 24.2 Å². The van der Waals surface area contributed by atoms with E-state index in [9.17, 15) is 24.3 Å². The Kier molecular flexibility index (Phi) is 7.60. The minimum Gasteiger partial charge on any atom is -0.463 e. The molecule has 1 aromatic carbocycles. The van der Waals surface area contributed by atoms with Crippen LogP contribution < -0.4 is 11.4 Å². The largest absolute Gasteiger partial charge is 0.463 e. The zero-order valence-electron chi connectivity index (χ0n) is 23.1. The summed E-state index contributed by atoms with van der Waals surface area (Å²) in [5, 5.41) is 15.5. The number of hydrogen-bond donors (Lipinski definition) is 1. The molecule has 0 unspecified atom stereocenters. The van der Waals surface area contributed by atoms with Crippen LogP contribution in [0, 0.1) is 5.92 Å². The number of esters is 2. The first kappa shape index (κ1) is 28.1. The first-order chi connectivity index (χ1) is 20.2. The third-order valence-corrected chi connectivity index (χ3v) is 7.95. The molecule has 14 heteroatoms. The lowest BCUT2D eigenvalue weighted by Crippen LogP contribution is -2.53. The Balaban J connectivity index is 1.15. The number of fused-ring (bicyclic) bond motifs is 4. The Labute approximate surface area is 239 Å². The van der Waals surface area contributed by atoms with Crippen molar-refractivity contribution in [1.82, 2.24) is 13.9 Å². The molecule has 1 saturated carbocycles. The fraction of sp³-hybridized carbons (Fsp3) is 0.536. The number of epoxide rings is 1. The maximum Gasteiger partial charge on any atom is 0.352 e. The summed E-state index contributed by atoms with van der Waals surface area (Å²) in [5.41, 5.74) is 0.0516. The van der Waals surface area contributed by atoms with Gasteiger partial charge in [-0.25, -0.2) is 23.5 Å². The molecule has 2 aromatic rings. The van der Waals surface area contributed by atoms with Crippen molar-refractivity contribution in [3.63, 3.8) is 0 Å². The van der Waals surface area contributed by atoms with E-state index in [2.05, 4.69) is 5.16 Å². The van der Waals surface area contributed by atoms with Gasteiger partial charge in [-0.1, -0.05) is 29.4 Å². The van der Waals surface area contributed by atoms with E-state index in [1.165, 1.54) is 23.2 Å². The van der Waals surface area contributed by atoms with Crippen LogP contribution in [-0.4, -0.2) is 86.5 Å². The van der Waals surface area contributed by atoms with Gasteiger partial charge in [-0.2, -0.15) is 0 Å². The molecule has 0 radical (unpaired) electrons. The normalized spacial score (nSPS) is 31.9. The van der Waals surface area contributed by atoms with Crippen molar-refractivity contribution >= 4 is 17.7 Å². The summed E-state index contributed by atoms with van der Waals surface area (Å²) in [6.45, 7) is 2.95. The van der Waals surface area contributed by atoms with E-state index >= 15 is 0 Å². The molecule has 8 atom stereocenters. The maximum absolute atomic E-state index is 13.5. The molecule has 1 aromatic heterocycles. The zero-order valence-corrected chi connectivity index (χ0v) is 23.1. The number of nitrogens with zero attached hydrogens (tertiary/aromatic N) is 4. The van der Waals surface area contributed by atoms with Gasteiger partial charge >= 0.3 is 23.3 Å². The van der Waals surface area contributed by atoms with E-state index < -0.39 is 66.0 Å². The molecule has 1 aliphatic carbocycles. The number of rotatable bonds is 8. The number of ether oxygens (including phenoxy) is 4. The van der Waals surface area contributed by atoms with Crippen molar-refractivity contribution in [2.75, 3.05) is 13.2 Å². The van der Waals surface area contributed by atoms with Crippen LogP contribution in [0.5, 0.6) is 0 Å². The van der Waals surface area contributed by atoms with E-state index in [4.69, 9.17) is 23.8 Å². The number of carbonyl (C=O) groups excluding carboxylic acids is 2. The van der Waals surface area contributed by atoms with Crippen LogP contribution in [0.25, 0.3) is 5.69 Å². The molecular weight excluding hydrogens is 552 g/mol. The SMILES string of the molecule is CC(=O)OC[C@H]1O[C@H](CCON=C2[C@H]3CCn4c(=O)n(-c5ccccc5)c(=O)n4[C@H]3[C@H](O)[C@@H]3O[C@H]23)C=C[C@@H]1OC(C)=O. The molecule has 4 aliphatic rings. The third kappa shape index (κ3) is 5.21. The molecule has 1 saturated heterocycles. The molecule has 0 spiro atoms. The summed E-state index contributed by atoms with van der Waals surface area (Å²) in [6, 6.07) is 7.93. The van der Waals surface area contributed by atoms with Crippen molar-refractivity contribution in [1.29, 1.82) is 0 Å². The van der Waals surface area contributed by atoms with Crippen molar-refractivity contribution < 1.29 is 38.5 Å². The van der Waals surface area contributed by atoms with Gasteiger partial charge in [0.2, 0.25) is 0 Å². The van der Waals surface area contributed by atoms with Crippen molar-refractivity contribution in [2.24, 2.45) is 11.1 Å². The highest BCUT2D eigenvalue weighted by atomic mass is 16.6. The van der Waals surface area contributed by atoms with E-state index in [1.54, 1.807) is 42.5 Å². The minimum absolute atomic E-state index is 0.0699. The monoisotopic (exact) mass is 584 g/mol. The highest BCUT2D eigenvalue weighted by molar-refractivity contribution is 5.94. The molecule has 0 bridgehead atoms. The van der Waals surface area contributed by atoms with Gasteiger partial charge in [0.05, 0.1) is 23.5 Å². The van der Waals surface area contributed by atoms with Crippen LogP contribution in [0.3, 0.4) is 0 Å². The summed E-state index contributed by atoms with van der Waals surface area (Å²) >= 11 is 0. The number of aliphatic hydroxyl groups excluding tert-OH is 1. The maximum atomic E-state index is 13.5. The van der Waals surface area contributed by atoms with Crippen LogP contribution in [0.4, 0.5) is 0 Å². The minimum atomic E-state index is -0.991. The number of oxime groups is 1. The molecule has 2 fully saturated rings. The molecule has 4 heterocycles. The van der Waals surface area contributed by atoms with Crippen LogP contribution in [-0.2, 0) is 39.9 Å². The molecule has 224 valence electrons. The van der Waals surface area contributed by atoms with Gasteiger partial charge in [-0.05, 0) is 24.6 Å². The zero-order chi connectivity index (χ0) is 29.5. The predicted molar refractivity (Wildman–Crippen MR) is 144 cm³/mol. The van der Waals surface area contributed by atoms with Gasteiger partial charge in [0, 0.05) is 32.7 Å². The lowest BCUT2D eigenvalue weighted by atomic mass is 9.78. The van der Waals surface area contributed by atoms with E-state index in [-0.39, 0.29) is 25.7 Å².